The summed E-state index contributed by atoms with van der Waals surface area (Å²) in [6.45, 7) is 0. The molecule has 0 rings (SSSR count). The van der Waals surface area contributed by atoms with Crippen molar-refractivity contribution >= 4 is 28.6 Å². The van der Waals surface area contributed by atoms with E-state index in [1.54, 1.807) is 0 Å². The van der Waals surface area contributed by atoms with Crippen molar-refractivity contribution in [1.82, 2.24) is 0 Å². The lowest BCUT2D eigenvalue weighted by Gasteiger charge is -1.99. The summed E-state index contributed by atoms with van der Waals surface area (Å²) in [5, 5.41) is 16.4. The fourth-order valence-electron chi connectivity index (χ4n) is 0.481. The van der Waals surface area contributed by atoms with Crippen LogP contribution in [0.5, 0.6) is 0 Å². The molecule has 0 aliphatic rings. The zero-order valence-corrected chi connectivity index (χ0v) is 7.54. The minimum Gasteiger partial charge on any atom is -0.481 e. The van der Waals surface area contributed by atoms with Crippen molar-refractivity contribution in [2.75, 3.05) is 0 Å². The number of rotatable bonds is 4. The van der Waals surface area contributed by atoms with Crippen LogP contribution in [0.3, 0.4) is 0 Å². The standard InChI is InChI=1S/C6H8INO2/c7-5(3-4-8)1-2-6(9)10/h5H,1-3H2,(H,9,10). The first-order valence-corrected chi connectivity index (χ1v) is 4.14. The molecule has 4 heteroatoms. The van der Waals surface area contributed by atoms with Gasteiger partial charge in [0.05, 0.1) is 6.07 Å². The summed E-state index contributed by atoms with van der Waals surface area (Å²) in [4.78, 5) is 10.0. The molecule has 0 aliphatic carbocycles. The van der Waals surface area contributed by atoms with Crippen LogP contribution < -0.4 is 0 Å². The highest BCUT2D eigenvalue weighted by Crippen LogP contribution is 2.11. The number of alkyl halides is 1. The van der Waals surface area contributed by atoms with Gasteiger partial charge in [0, 0.05) is 16.8 Å². The van der Waals surface area contributed by atoms with Gasteiger partial charge in [-0.3, -0.25) is 4.79 Å². The van der Waals surface area contributed by atoms with Crippen LogP contribution in [0.1, 0.15) is 19.3 Å². The zero-order chi connectivity index (χ0) is 7.98. The van der Waals surface area contributed by atoms with Gasteiger partial charge in [-0.1, -0.05) is 22.6 Å². The van der Waals surface area contributed by atoms with Crippen molar-refractivity contribution in [2.45, 2.75) is 23.2 Å². The van der Waals surface area contributed by atoms with Gasteiger partial charge in [-0.15, -0.1) is 0 Å². The predicted octanol–water partition coefficient (Wildman–Crippen LogP) is 1.57. The molecule has 0 fully saturated rings. The Morgan fingerprint density at radius 1 is 1.80 bits per heavy atom. The number of carboxylic acids is 1. The van der Waals surface area contributed by atoms with E-state index in [4.69, 9.17) is 10.4 Å². The number of hydrogen-bond acceptors (Lipinski definition) is 2. The Kier molecular flexibility index (Phi) is 5.30. The summed E-state index contributed by atoms with van der Waals surface area (Å²) in [6.07, 6.45) is 1.19. The Labute approximate surface area is 73.2 Å². The highest BCUT2D eigenvalue weighted by molar-refractivity contribution is 14.1. The minimum atomic E-state index is -0.792. The molecule has 0 amide bonds. The van der Waals surface area contributed by atoms with E-state index >= 15 is 0 Å². The number of nitriles is 1. The van der Waals surface area contributed by atoms with Crippen LogP contribution in [0.2, 0.25) is 0 Å². The first-order chi connectivity index (χ1) is 4.66. The first-order valence-electron chi connectivity index (χ1n) is 2.89. The van der Waals surface area contributed by atoms with Crippen LogP contribution >= 0.6 is 22.6 Å². The molecule has 0 aromatic heterocycles. The van der Waals surface area contributed by atoms with Crippen LogP contribution in [0.15, 0.2) is 0 Å². The third kappa shape index (κ3) is 5.82. The van der Waals surface area contributed by atoms with Gasteiger partial charge in [-0.25, -0.2) is 0 Å². The maximum absolute atomic E-state index is 10.0. The molecule has 0 saturated carbocycles. The second kappa shape index (κ2) is 5.47. The summed E-state index contributed by atoms with van der Waals surface area (Å²) in [7, 11) is 0. The third-order valence-electron chi connectivity index (χ3n) is 0.984. The average molecular weight is 253 g/mol. The number of hydrogen-bond donors (Lipinski definition) is 1. The summed E-state index contributed by atoms with van der Waals surface area (Å²) in [5.41, 5.74) is 0. The fourth-order valence-corrected chi connectivity index (χ4v) is 0.990. The molecule has 1 unspecified atom stereocenters. The Bertz CT molecular complexity index is 152. The van der Waals surface area contributed by atoms with E-state index in [1.807, 2.05) is 6.07 Å². The third-order valence-corrected chi connectivity index (χ3v) is 2.05. The summed E-state index contributed by atoms with van der Waals surface area (Å²) >= 11 is 2.09. The molecule has 0 saturated heterocycles. The SMILES string of the molecule is N#CCC(I)CCC(=O)O. The van der Waals surface area contributed by atoms with Gasteiger partial charge >= 0.3 is 5.97 Å². The molecule has 0 aliphatic heterocycles. The molecule has 1 atom stereocenters. The monoisotopic (exact) mass is 253 g/mol. The van der Waals surface area contributed by atoms with Crippen molar-refractivity contribution in [2.24, 2.45) is 0 Å². The molecule has 0 aromatic rings. The predicted molar refractivity (Wildman–Crippen MR) is 44.9 cm³/mol. The van der Waals surface area contributed by atoms with E-state index in [1.165, 1.54) is 0 Å². The van der Waals surface area contributed by atoms with Crippen molar-refractivity contribution in [3.05, 3.63) is 0 Å². The van der Waals surface area contributed by atoms with E-state index in [9.17, 15) is 4.79 Å². The Morgan fingerprint density at radius 2 is 2.40 bits per heavy atom. The van der Waals surface area contributed by atoms with Crippen molar-refractivity contribution in [3.8, 4) is 6.07 Å². The minimum absolute atomic E-state index is 0.162. The molecular weight excluding hydrogens is 245 g/mol. The van der Waals surface area contributed by atoms with Crippen LogP contribution in [-0.4, -0.2) is 15.0 Å². The molecule has 0 radical (unpaired) electrons. The molecule has 0 bridgehead atoms. The quantitative estimate of drug-likeness (QED) is 0.611. The highest BCUT2D eigenvalue weighted by Gasteiger charge is 2.05. The Hall–Kier alpha value is -0.310. The van der Waals surface area contributed by atoms with Crippen molar-refractivity contribution in [1.29, 1.82) is 5.26 Å². The van der Waals surface area contributed by atoms with E-state index in [2.05, 4.69) is 22.6 Å². The van der Waals surface area contributed by atoms with E-state index in [0.29, 0.717) is 12.8 Å². The van der Waals surface area contributed by atoms with Gasteiger partial charge in [0.25, 0.3) is 0 Å². The number of aliphatic carboxylic acids is 1. The second-order valence-electron chi connectivity index (χ2n) is 1.89. The van der Waals surface area contributed by atoms with E-state index < -0.39 is 5.97 Å². The van der Waals surface area contributed by atoms with Gasteiger partial charge in [0.15, 0.2) is 0 Å². The van der Waals surface area contributed by atoms with Crippen LogP contribution in [0.4, 0.5) is 0 Å². The zero-order valence-electron chi connectivity index (χ0n) is 5.38. The normalized spacial score (nSPS) is 12.0. The highest BCUT2D eigenvalue weighted by atomic mass is 127. The molecule has 0 aromatic carbocycles. The van der Waals surface area contributed by atoms with Crippen LogP contribution in [-0.2, 0) is 4.79 Å². The number of nitrogens with zero attached hydrogens (tertiary/aromatic N) is 1. The van der Waals surface area contributed by atoms with Gasteiger partial charge in [0.1, 0.15) is 0 Å². The van der Waals surface area contributed by atoms with E-state index in [-0.39, 0.29) is 10.3 Å². The lowest BCUT2D eigenvalue weighted by atomic mass is 10.2. The van der Waals surface area contributed by atoms with Crippen molar-refractivity contribution in [3.63, 3.8) is 0 Å². The second-order valence-corrected chi connectivity index (χ2v) is 3.65. The maximum Gasteiger partial charge on any atom is 0.303 e. The topological polar surface area (TPSA) is 61.1 Å². The number of halogens is 1. The summed E-state index contributed by atoms with van der Waals surface area (Å²) in [5.74, 6) is -0.792. The largest absolute Gasteiger partial charge is 0.481 e. The summed E-state index contributed by atoms with van der Waals surface area (Å²) < 4.78 is 0.179. The molecule has 1 N–H and O–H groups in total. The molecule has 56 valence electrons. The van der Waals surface area contributed by atoms with Gasteiger partial charge < -0.3 is 5.11 Å². The molecule has 3 nitrogen and oxygen atoms in total. The lowest BCUT2D eigenvalue weighted by molar-refractivity contribution is -0.137. The van der Waals surface area contributed by atoms with E-state index in [0.717, 1.165) is 0 Å². The van der Waals surface area contributed by atoms with Gasteiger partial charge in [-0.2, -0.15) is 5.26 Å². The van der Waals surface area contributed by atoms with Gasteiger partial charge in [0.2, 0.25) is 0 Å². The number of carboxylic acid groups (broad SMARTS) is 1. The maximum atomic E-state index is 10.0. The van der Waals surface area contributed by atoms with Crippen molar-refractivity contribution < 1.29 is 9.90 Å². The lowest BCUT2D eigenvalue weighted by Crippen LogP contribution is -2.01. The summed E-state index contributed by atoms with van der Waals surface area (Å²) in [6, 6.07) is 1.99. The molecule has 10 heavy (non-hydrogen) atoms. The fraction of sp³-hybridized carbons (Fsp3) is 0.667. The molecule has 0 spiro atoms. The first kappa shape index (κ1) is 9.69. The molecular formula is C6H8INO2. The Balaban J connectivity index is 3.32. The smallest absolute Gasteiger partial charge is 0.303 e. The van der Waals surface area contributed by atoms with Gasteiger partial charge in [-0.05, 0) is 6.42 Å². The van der Waals surface area contributed by atoms with Crippen LogP contribution in [0.25, 0.3) is 0 Å². The van der Waals surface area contributed by atoms with Crippen LogP contribution in [0, 0.1) is 11.3 Å². The Morgan fingerprint density at radius 3 is 2.80 bits per heavy atom. The molecule has 0 heterocycles. The average Bonchev–Trinajstić information content (AvgIpc) is 1.85. The number of carbonyl (C=O) groups is 1.